The predicted octanol–water partition coefficient (Wildman–Crippen LogP) is 5.89. The van der Waals surface area contributed by atoms with Gasteiger partial charge in [-0.1, -0.05) is 12.1 Å². The van der Waals surface area contributed by atoms with Crippen molar-refractivity contribution in [2.24, 2.45) is 0 Å². The highest BCUT2D eigenvalue weighted by Gasteiger charge is 2.17. The molecule has 1 aromatic heterocycles. The summed E-state index contributed by atoms with van der Waals surface area (Å²) in [6.07, 6.45) is 0. The van der Waals surface area contributed by atoms with Gasteiger partial charge in [-0.3, -0.25) is 4.79 Å². The maximum Gasteiger partial charge on any atom is 0.343 e. The van der Waals surface area contributed by atoms with Crippen molar-refractivity contribution in [1.82, 2.24) is 0 Å². The van der Waals surface area contributed by atoms with E-state index >= 15 is 0 Å². The van der Waals surface area contributed by atoms with Crippen LogP contribution in [0.3, 0.4) is 0 Å². The number of halogens is 1. The topological polar surface area (TPSA) is 84.2 Å². The molecule has 0 aliphatic carbocycles. The minimum absolute atomic E-state index is 0.0875. The second kappa shape index (κ2) is 9.38. The third kappa shape index (κ3) is 4.56. The average molecular weight is 511 g/mol. The highest BCUT2D eigenvalue weighted by molar-refractivity contribution is 9.10. The minimum atomic E-state index is -0.594. The standard InChI is InChI=1S/C25H19BrO7/c1-14-24(33-19-7-5-4-6-18(19)26)23(27)17-10-9-16(13-21(17)31-14)32-25(28)15-8-11-20(29-2)22(12-15)30-3/h4-13H,1-3H3. The van der Waals surface area contributed by atoms with E-state index in [9.17, 15) is 9.59 Å². The predicted molar refractivity (Wildman–Crippen MR) is 126 cm³/mol. The van der Waals surface area contributed by atoms with Gasteiger partial charge in [0.2, 0.25) is 11.2 Å². The second-order valence-corrected chi connectivity index (χ2v) is 7.82. The lowest BCUT2D eigenvalue weighted by Gasteiger charge is -2.11. The molecule has 8 heteroatoms. The number of esters is 1. The van der Waals surface area contributed by atoms with E-state index < -0.39 is 5.97 Å². The summed E-state index contributed by atoms with van der Waals surface area (Å²) in [4.78, 5) is 25.6. The number of para-hydroxylation sites is 1. The van der Waals surface area contributed by atoms with Crippen molar-refractivity contribution in [3.63, 3.8) is 0 Å². The van der Waals surface area contributed by atoms with E-state index in [1.807, 2.05) is 12.1 Å². The molecule has 0 spiro atoms. The molecule has 0 aliphatic rings. The number of hydrogen-bond donors (Lipinski definition) is 0. The van der Waals surface area contributed by atoms with E-state index in [2.05, 4.69) is 15.9 Å². The molecule has 0 bridgehead atoms. The van der Waals surface area contributed by atoms with Crippen molar-refractivity contribution < 1.29 is 28.2 Å². The Hall–Kier alpha value is -3.78. The Kier molecular flexibility index (Phi) is 6.37. The lowest BCUT2D eigenvalue weighted by Crippen LogP contribution is -2.10. The van der Waals surface area contributed by atoms with Gasteiger partial charge in [0.25, 0.3) is 0 Å². The van der Waals surface area contributed by atoms with Crippen LogP contribution in [-0.2, 0) is 0 Å². The number of aryl methyl sites for hydroxylation is 1. The first-order chi connectivity index (χ1) is 15.9. The van der Waals surface area contributed by atoms with Gasteiger partial charge in [-0.05, 0) is 65.3 Å². The van der Waals surface area contributed by atoms with Crippen molar-refractivity contribution in [3.8, 4) is 28.7 Å². The molecule has 33 heavy (non-hydrogen) atoms. The Morgan fingerprint density at radius 2 is 1.67 bits per heavy atom. The van der Waals surface area contributed by atoms with Gasteiger partial charge in [0, 0.05) is 6.07 Å². The molecule has 0 N–H and O–H groups in total. The maximum absolute atomic E-state index is 13.0. The van der Waals surface area contributed by atoms with Crippen LogP contribution in [0.1, 0.15) is 16.1 Å². The monoisotopic (exact) mass is 510 g/mol. The fraction of sp³-hybridized carbons (Fsp3) is 0.120. The quantitative estimate of drug-likeness (QED) is 0.236. The fourth-order valence-corrected chi connectivity index (χ4v) is 3.58. The number of rotatable bonds is 6. The van der Waals surface area contributed by atoms with Gasteiger partial charge in [-0.15, -0.1) is 0 Å². The van der Waals surface area contributed by atoms with E-state index in [-0.39, 0.29) is 28.1 Å². The first kappa shape index (κ1) is 22.4. The molecule has 4 aromatic rings. The largest absolute Gasteiger partial charge is 0.493 e. The lowest BCUT2D eigenvalue weighted by atomic mass is 10.2. The zero-order chi connectivity index (χ0) is 23.5. The third-order valence-electron chi connectivity index (χ3n) is 4.87. The van der Waals surface area contributed by atoms with Crippen LogP contribution in [0.5, 0.6) is 28.7 Å². The molecule has 0 saturated heterocycles. The summed E-state index contributed by atoms with van der Waals surface area (Å²) in [5, 5.41) is 0.300. The fourth-order valence-electron chi connectivity index (χ4n) is 3.22. The van der Waals surface area contributed by atoms with E-state index in [1.165, 1.54) is 38.5 Å². The van der Waals surface area contributed by atoms with Gasteiger partial charge >= 0.3 is 5.97 Å². The molecular formula is C25H19BrO7. The molecule has 7 nitrogen and oxygen atoms in total. The summed E-state index contributed by atoms with van der Waals surface area (Å²) >= 11 is 3.40. The summed E-state index contributed by atoms with van der Waals surface area (Å²) in [7, 11) is 2.99. The lowest BCUT2D eigenvalue weighted by molar-refractivity contribution is 0.0734. The van der Waals surface area contributed by atoms with Crippen LogP contribution in [0.25, 0.3) is 11.0 Å². The molecule has 168 valence electrons. The Morgan fingerprint density at radius 1 is 0.909 bits per heavy atom. The van der Waals surface area contributed by atoms with Crippen LogP contribution in [-0.4, -0.2) is 20.2 Å². The zero-order valence-electron chi connectivity index (χ0n) is 18.0. The Bertz CT molecular complexity index is 1410. The van der Waals surface area contributed by atoms with Gasteiger partial charge in [0.15, 0.2) is 11.5 Å². The van der Waals surface area contributed by atoms with Crippen molar-refractivity contribution in [1.29, 1.82) is 0 Å². The maximum atomic E-state index is 13.0. The number of hydrogen-bond acceptors (Lipinski definition) is 7. The highest BCUT2D eigenvalue weighted by Crippen LogP contribution is 2.32. The number of carbonyl (C=O) groups excluding carboxylic acids is 1. The molecule has 0 atom stereocenters. The van der Waals surface area contributed by atoms with E-state index in [0.29, 0.717) is 32.9 Å². The zero-order valence-corrected chi connectivity index (χ0v) is 19.6. The third-order valence-corrected chi connectivity index (χ3v) is 5.52. The van der Waals surface area contributed by atoms with Crippen LogP contribution in [0.15, 0.2) is 74.3 Å². The molecular weight excluding hydrogens is 492 g/mol. The van der Waals surface area contributed by atoms with Crippen molar-refractivity contribution in [3.05, 3.63) is 86.7 Å². The average Bonchev–Trinajstić information content (AvgIpc) is 2.82. The molecule has 0 saturated carbocycles. The van der Waals surface area contributed by atoms with Crippen molar-refractivity contribution in [2.45, 2.75) is 6.92 Å². The van der Waals surface area contributed by atoms with Crippen LogP contribution < -0.4 is 24.4 Å². The van der Waals surface area contributed by atoms with E-state index in [1.54, 1.807) is 31.2 Å². The molecule has 0 radical (unpaired) electrons. The van der Waals surface area contributed by atoms with Gasteiger partial charge in [-0.25, -0.2) is 4.79 Å². The van der Waals surface area contributed by atoms with Gasteiger partial charge in [-0.2, -0.15) is 0 Å². The van der Waals surface area contributed by atoms with Crippen LogP contribution in [0, 0.1) is 6.92 Å². The summed E-state index contributed by atoms with van der Waals surface area (Å²) < 4.78 is 28.2. The molecule has 0 amide bonds. The molecule has 0 unspecified atom stereocenters. The summed E-state index contributed by atoms with van der Waals surface area (Å²) in [5.74, 6) is 1.42. The second-order valence-electron chi connectivity index (χ2n) is 6.97. The normalized spacial score (nSPS) is 10.7. The molecule has 3 aromatic carbocycles. The first-order valence-electron chi connectivity index (χ1n) is 9.85. The molecule has 1 heterocycles. The minimum Gasteiger partial charge on any atom is -0.493 e. The van der Waals surface area contributed by atoms with Gasteiger partial charge in [0.05, 0.1) is 29.6 Å². The SMILES string of the molecule is COc1ccc(C(=O)Oc2ccc3c(=O)c(Oc4ccccc4Br)c(C)oc3c2)cc1OC. The Balaban J connectivity index is 1.63. The molecule has 0 fully saturated rings. The van der Waals surface area contributed by atoms with E-state index in [4.69, 9.17) is 23.4 Å². The number of methoxy groups -OCH3 is 2. The van der Waals surface area contributed by atoms with Crippen LogP contribution >= 0.6 is 15.9 Å². The highest BCUT2D eigenvalue weighted by atomic mass is 79.9. The van der Waals surface area contributed by atoms with Gasteiger partial charge in [0.1, 0.15) is 22.8 Å². The number of fused-ring (bicyclic) bond motifs is 1. The van der Waals surface area contributed by atoms with E-state index in [0.717, 1.165) is 0 Å². The van der Waals surface area contributed by atoms with Crippen molar-refractivity contribution in [2.75, 3.05) is 14.2 Å². The van der Waals surface area contributed by atoms with Gasteiger partial charge < -0.3 is 23.4 Å². The number of benzene rings is 3. The van der Waals surface area contributed by atoms with Crippen LogP contribution in [0.2, 0.25) is 0 Å². The summed E-state index contributed by atoms with van der Waals surface area (Å²) in [6, 6.07) is 16.5. The number of carbonyl (C=O) groups is 1. The summed E-state index contributed by atoms with van der Waals surface area (Å²) in [5.41, 5.74) is 0.222. The van der Waals surface area contributed by atoms with Crippen LogP contribution in [0.4, 0.5) is 0 Å². The first-order valence-corrected chi connectivity index (χ1v) is 10.6. The Morgan fingerprint density at radius 3 is 2.39 bits per heavy atom. The molecule has 0 aliphatic heterocycles. The Labute approximate surface area is 197 Å². The number of ether oxygens (including phenoxy) is 4. The molecule has 4 rings (SSSR count). The smallest absolute Gasteiger partial charge is 0.343 e. The summed E-state index contributed by atoms with van der Waals surface area (Å²) in [6.45, 7) is 1.63. The van der Waals surface area contributed by atoms with Crippen molar-refractivity contribution >= 4 is 32.9 Å².